The van der Waals surface area contributed by atoms with Crippen LogP contribution in [0.25, 0.3) is 0 Å². The van der Waals surface area contributed by atoms with Crippen molar-refractivity contribution in [2.45, 2.75) is 33.1 Å². The van der Waals surface area contributed by atoms with Gasteiger partial charge in [0.2, 0.25) is 0 Å². The Kier molecular flexibility index (Phi) is 6.16. The van der Waals surface area contributed by atoms with E-state index in [4.69, 9.17) is 4.74 Å². The second-order valence-electron chi connectivity index (χ2n) is 7.28. The number of benzene rings is 2. The molecule has 138 valence electrons. The fourth-order valence-corrected chi connectivity index (χ4v) is 3.10. The van der Waals surface area contributed by atoms with E-state index < -0.39 is 0 Å². The molecule has 0 aliphatic carbocycles. The van der Waals surface area contributed by atoms with Crippen LogP contribution in [-0.2, 0) is 0 Å². The lowest BCUT2D eigenvalue weighted by Gasteiger charge is -2.28. The topological polar surface area (TPSA) is 41.6 Å². The molecular formula is C22H28N2O2. The van der Waals surface area contributed by atoms with Crippen LogP contribution in [0.2, 0.25) is 0 Å². The molecule has 0 bridgehead atoms. The number of ether oxygens (including phenoxy) is 1. The number of carbonyl (C=O) groups excluding carboxylic acids is 1. The molecule has 2 aromatic rings. The van der Waals surface area contributed by atoms with Gasteiger partial charge in [-0.15, -0.1) is 0 Å². The van der Waals surface area contributed by atoms with Crippen molar-refractivity contribution in [2.24, 2.45) is 5.92 Å². The largest absolute Gasteiger partial charge is 0.493 e. The highest BCUT2D eigenvalue weighted by Crippen LogP contribution is 2.22. The smallest absolute Gasteiger partial charge is 0.255 e. The van der Waals surface area contributed by atoms with E-state index in [1.165, 1.54) is 24.9 Å². The summed E-state index contributed by atoms with van der Waals surface area (Å²) in [6.07, 6.45) is 3.84. The Bertz CT molecular complexity index is 719. The number of rotatable bonds is 6. The minimum atomic E-state index is -0.120. The molecule has 4 nitrogen and oxygen atoms in total. The zero-order valence-electron chi connectivity index (χ0n) is 15.7. The summed E-state index contributed by atoms with van der Waals surface area (Å²) in [5.41, 5.74) is 2.64. The summed E-state index contributed by atoms with van der Waals surface area (Å²) in [6, 6.07) is 15.4. The number of anilines is 2. The molecule has 2 aromatic carbocycles. The van der Waals surface area contributed by atoms with Crippen LogP contribution in [0.3, 0.4) is 0 Å². The highest BCUT2D eigenvalue weighted by molar-refractivity contribution is 6.04. The molecular weight excluding hydrogens is 324 g/mol. The van der Waals surface area contributed by atoms with Crippen molar-refractivity contribution in [2.75, 3.05) is 29.9 Å². The summed E-state index contributed by atoms with van der Waals surface area (Å²) >= 11 is 0. The van der Waals surface area contributed by atoms with Crippen molar-refractivity contribution in [1.29, 1.82) is 0 Å². The van der Waals surface area contributed by atoms with E-state index in [9.17, 15) is 4.79 Å². The van der Waals surface area contributed by atoms with Crippen molar-refractivity contribution in [1.82, 2.24) is 0 Å². The predicted molar refractivity (Wildman–Crippen MR) is 107 cm³/mol. The molecule has 0 aromatic heterocycles. The molecule has 0 unspecified atom stereocenters. The van der Waals surface area contributed by atoms with E-state index in [1.54, 1.807) is 12.1 Å². The first-order valence-corrected chi connectivity index (χ1v) is 9.51. The first-order valence-electron chi connectivity index (χ1n) is 9.51. The summed E-state index contributed by atoms with van der Waals surface area (Å²) in [5.74, 6) is 1.06. The van der Waals surface area contributed by atoms with Crippen LogP contribution in [0.15, 0.2) is 48.5 Å². The van der Waals surface area contributed by atoms with Gasteiger partial charge in [-0.2, -0.15) is 0 Å². The number of hydrogen-bond acceptors (Lipinski definition) is 3. The monoisotopic (exact) mass is 352 g/mol. The first kappa shape index (κ1) is 18.3. The van der Waals surface area contributed by atoms with Crippen molar-refractivity contribution < 1.29 is 9.53 Å². The Balaban J connectivity index is 1.61. The Morgan fingerprint density at radius 2 is 1.81 bits per heavy atom. The highest BCUT2D eigenvalue weighted by atomic mass is 16.5. The maximum atomic E-state index is 12.5. The number of hydrogen-bond donors (Lipinski definition) is 1. The zero-order chi connectivity index (χ0) is 18.4. The molecule has 3 rings (SSSR count). The summed E-state index contributed by atoms with van der Waals surface area (Å²) in [4.78, 5) is 14.9. The number of amides is 1. The molecule has 4 heteroatoms. The summed E-state index contributed by atoms with van der Waals surface area (Å²) in [6.45, 7) is 7.08. The molecule has 1 amide bonds. The maximum absolute atomic E-state index is 12.5. The lowest BCUT2D eigenvalue weighted by molar-refractivity contribution is 0.102. The minimum Gasteiger partial charge on any atom is -0.493 e. The van der Waals surface area contributed by atoms with Crippen LogP contribution >= 0.6 is 0 Å². The third-order valence-electron chi connectivity index (χ3n) is 4.53. The third kappa shape index (κ3) is 5.01. The molecule has 1 saturated heterocycles. The van der Waals surface area contributed by atoms with Crippen molar-refractivity contribution in [3.63, 3.8) is 0 Å². The van der Waals surface area contributed by atoms with Crippen LogP contribution in [0.5, 0.6) is 5.75 Å². The van der Waals surface area contributed by atoms with Gasteiger partial charge in [0.05, 0.1) is 6.61 Å². The Morgan fingerprint density at radius 3 is 2.50 bits per heavy atom. The second-order valence-corrected chi connectivity index (χ2v) is 7.28. The molecule has 0 radical (unpaired) electrons. The average Bonchev–Trinajstić information content (AvgIpc) is 2.68. The standard InChI is InChI=1S/C22H28N2O2/c1-17(2)16-26-21-8-6-7-18(15-21)22(25)23-19-9-11-20(12-10-19)24-13-4-3-5-14-24/h6-12,15,17H,3-5,13-14,16H2,1-2H3,(H,23,25). The molecule has 1 fully saturated rings. The van der Waals surface area contributed by atoms with Crippen LogP contribution in [0.1, 0.15) is 43.5 Å². The maximum Gasteiger partial charge on any atom is 0.255 e. The van der Waals surface area contributed by atoms with Gasteiger partial charge in [-0.25, -0.2) is 0 Å². The Morgan fingerprint density at radius 1 is 1.08 bits per heavy atom. The lowest BCUT2D eigenvalue weighted by atomic mass is 10.1. The zero-order valence-corrected chi connectivity index (χ0v) is 15.7. The molecule has 1 heterocycles. The fraction of sp³-hybridized carbons (Fsp3) is 0.409. The van der Waals surface area contributed by atoms with Gasteiger partial charge in [-0.1, -0.05) is 19.9 Å². The van der Waals surface area contributed by atoms with Crippen LogP contribution in [-0.4, -0.2) is 25.6 Å². The summed E-state index contributed by atoms with van der Waals surface area (Å²) < 4.78 is 5.71. The first-order chi connectivity index (χ1) is 12.6. The highest BCUT2D eigenvalue weighted by Gasteiger charge is 2.12. The van der Waals surface area contributed by atoms with Gasteiger partial charge in [-0.05, 0) is 67.6 Å². The number of nitrogens with zero attached hydrogens (tertiary/aromatic N) is 1. The van der Waals surface area contributed by atoms with E-state index in [1.807, 2.05) is 24.3 Å². The van der Waals surface area contributed by atoms with E-state index in [-0.39, 0.29) is 5.91 Å². The van der Waals surface area contributed by atoms with Gasteiger partial charge in [0, 0.05) is 30.0 Å². The molecule has 0 spiro atoms. The van der Waals surface area contributed by atoms with Gasteiger partial charge in [0.25, 0.3) is 5.91 Å². The number of nitrogens with one attached hydrogen (secondary N) is 1. The normalized spacial score (nSPS) is 14.3. The average molecular weight is 352 g/mol. The van der Waals surface area contributed by atoms with Gasteiger partial charge in [-0.3, -0.25) is 4.79 Å². The van der Waals surface area contributed by atoms with E-state index in [2.05, 4.69) is 36.2 Å². The van der Waals surface area contributed by atoms with E-state index in [0.29, 0.717) is 18.1 Å². The predicted octanol–water partition coefficient (Wildman–Crippen LogP) is 4.96. The lowest BCUT2D eigenvalue weighted by Crippen LogP contribution is -2.29. The summed E-state index contributed by atoms with van der Waals surface area (Å²) in [5, 5.41) is 2.97. The van der Waals surface area contributed by atoms with Gasteiger partial charge in [0.15, 0.2) is 0 Å². The Hall–Kier alpha value is -2.49. The van der Waals surface area contributed by atoms with E-state index >= 15 is 0 Å². The third-order valence-corrected chi connectivity index (χ3v) is 4.53. The molecule has 0 atom stereocenters. The quantitative estimate of drug-likeness (QED) is 0.798. The fourth-order valence-electron chi connectivity index (χ4n) is 3.10. The number of carbonyl (C=O) groups is 1. The molecule has 1 aliphatic rings. The molecule has 26 heavy (non-hydrogen) atoms. The van der Waals surface area contributed by atoms with Crippen LogP contribution in [0, 0.1) is 5.92 Å². The van der Waals surface area contributed by atoms with Crippen molar-refractivity contribution in [3.05, 3.63) is 54.1 Å². The Labute approximate surface area is 156 Å². The van der Waals surface area contributed by atoms with Gasteiger partial charge >= 0.3 is 0 Å². The van der Waals surface area contributed by atoms with Gasteiger partial charge in [0.1, 0.15) is 5.75 Å². The minimum absolute atomic E-state index is 0.120. The molecule has 1 aliphatic heterocycles. The van der Waals surface area contributed by atoms with Crippen molar-refractivity contribution in [3.8, 4) is 5.75 Å². The second kappa shape index (κ2) is 8.75. The van der Waals surface area contributed by atoms with E-state index in [0.717, 1.165) is 24.5 Å². The van der Waals surface area contributed by atoms with Crippen LogP contribution in [0.4, 0.5) is 11.4 Å². The van der Waals surface area contributed by atoms with Crippen molar-refractivity contribution >= 4 is 17.3 Å². The number of piperidine rings is 1. The molecule has 1 N–H and O–H groups in total. The SMILES string of the molecule is CC(C)COc1cccc(C(=O)Nc2ccc(N3CCCCC3)cc2)c1. The van der Waals surface area contributed by atoms with Crippen LogP contribution < -0.4 is 15.0 Å². The van der Waals surface area contributed by atoms with Gasteiger partial charge < -0.3 is 15.0 Å². The molecule has 0 saturated carbocycles. The summed E-state index contributed by atoms with van der Waals surface area (Å²) in [7, 11) is 0.